The zero-order chi connectivity index (χ0) is 16.6. The van der Waals surface area contributed by atoms with Gasteiger partial charge in [-0.25, -0.2) is 15.0 Å². The summed E-state index contributed by atoms with van der Waals surface area (Å²) in [6.07, 6.45) is 3.20. The van der Waals surface area contributed by atoms with Crippen molar-refractivity contribution >= 4 is 17.0 Å². The van der Waals surface area contributed by atoms with Gasteiger partial charge in [0.15, 0.2) is 17.2 Å². The van der Waals surface area contributed by atoms with Crippen molar-refractivity contribution in [2.45, 2.75) is 44.1 Å². The number of ether oxygens (including phenoxy) is 1. The number of hydrogen-bond acceptors (Lipinski definition) is 7. The first-order valence-corrected chi connectivity index (χ1v) is 7.52. The van der Waals surface area contributed by atoms with Gasteiger partial charge in [-0.15, -0.1) is 6.58 Å². The maximum absolute atomic E-state index is 10.2. The molecule has 0 unspecified atom stereocenters. The van der Waals surface area contributed by atoms with Crippen LogP contribution in [0.15, 0.2) is 24.8 Å². The largest absolute Gasteiger partial charge is 0.394 e. The van der Waals surface area contributed by atoms with Crippen LogP contribution in [0.5, 0.6) is 0 Å². The Hall–Kier alpha value is -2.03. The fourth-order valence-electron chi connectivity index (χ4n) is 3.02. The van der Waals surface area contributed by atoms with Crippen molar-refractivity contribution in [2.24, 2.45) is 0 Å². The molecule has 0 aromatic carbocycles. The minimum Gasteiger partial charge on any atom is -0.394 e. The van der Waals surface area contributed by atoms with E-state index in [0.717, 1.165) is 5.57 Å². The van der Waals surface area contributed by atoms with Gasteiger partial charge in [-0.3, -0.25) is 4.57 Å². The van der Waals surface area contributed by atoms with Gasteiger partial charge in [0, 0.05) is 6.42 Å². The molecular formula is C15H21N5O3. The Bertz CT molecular complexity index is 731. The Morgan fingerprint density at radius 3 is 2.96 bits per heavy atom. The third-order valence-electron chi connectivity index (χ3n) is 4.25. The van der Waals surface area contributed by atoms with E-state index < -0.39 is 17.9 Å². The number of rotatable bonds is 5. The number of nitrogens with two attached hydrogens (primary N) is 1. The molecule has 0 spiro atoms. The minimum absolute atomic E-state index is 0.250. The maximum atomic E-state index is 10.2. The highest BCUT2D eigenvalue weighted by Crippen LogP contribution is 2.41. The first kappa shape index (κ1) is 15.9. The molecule has 3 atom stereocenters. The monoisotopic (exact) mass is 319 g/mol. The average Bonchev–Trinajstić information content (AvgIpc) is 3.08. The Morgan fingerprint density at radius 2 is 2.30 bits per heavy atom. The van der Waals surface area contributed by atoms with Crippen LogP contribution in [0.25, 0.3) is 11.2 Å². The maximum Gasteiger partial charge on any atom is 0.167 e. The number of aliphatic hydroxyl groups is 2. The van der Waals surface area contributed by atoms with Crippen LogP contribution in [-0.4, -0.2) is 48.5 Å². The number of hydrogen-bond donors (Lipinski definition) is 3. The Morgan fingerprint density at radius 1 is 1.52 bits per heavy atom. The molecule has 2 aromatic rings. The lowest BCUT2D eigenvalue weighted by Crippen LogP contribution is -2.34. The molecule has 8 nitrogen and oxygen atoms in total. The molecule has 0 amide bonds. The number of imidazole rings is 1. The summed E-state index contributed by atoms with van der Waals surface area (Å²) >= 11 is 0. The molecule has 0 saturated carbocycles. The molecule has 0 aliphatic carbocycles. The van der Waals surface area contributed by atoms with E-state index in [9.17, 15) is 10.2 Å². The summed E-state index contributed by atoms with van der Waals surface area (Å²) in [5.41, 5.74) is 7.04. The van der Waals surface area contributed by atoms with Gasteiger partial charge in [-0.1, -0.05) is 5.57 Å². The smallest absolute Gasteiger partial charge is 0.167 e. The van der Waals surface area contributed by atoms with E-state index in [-0.39, 0.29) is 6.61 Å². The number of aliphatic hydroxyl groups excluding tert-OH is 2. The molecule has 1 aliphatic rings. The minimum atomic E-state index is -0.846. The molecule has 0 bridgehead atoms. The fraction of sp³-hybridized carbons (Fsp3) is 0.533. The second-order valence-corrected chi connectivity index (χ2v) is 6.06. The topological polar surface area (TPSA) is 119 Å². The summed E-state index contributed by atoms with van der Waals surface area (Å²) < 4.78 is 7.81. The van der Waals surface area contributed by atoms with Gasteiger partial charge in [-0.2, -0.15) is 0 Å². The van der Waals surface area contributed by atoms with Crippen molar-refractivity contribution in [3.05, 3.63) is 24.8 Å². The van der Waals surface area contributed by atoms with E-state index in [1.54, 1.807) is 10.9 Å². The van der Waals surface area contributed by atoms with Crippen LogP contribution >= 0.6 is 0 Å². The third-order valence-corrected chi connectivity index (χ3v) is 4.25. The molecular weight excluding hydrogens is 298 g/mol. The normalized spacial score (nSPS) is 27.6. The quantitative estimate of drug-likeness (QED) is 0.689. The molecule has 23 heavy (non-hydrogen) atoms. The third kappa shape index (κ3) is 2.69. The van der Waals surface area contributed by atoms with E-state index >= 15 is 0 Å². The molecule has 3 rings (SSSR count). The Kier molecular flexibility index (Phi) is 4.05. The SMILES string of the molecule is C=C(C)CC[C@]1(n2cnc3c(N)ncnc32)C[C@H](O)[C@@H](CO)O1. The van der Waals surface area contributed by atoms with E-state index in [2.05, 4.69) is 21.5 Å². The van der Waals surface area contributed by atoms with Crippen molar-refractivity contribution in [2.75, 3.05) is 12.3 Å². The highest BCUT2D eigenvalue weighted by atomic mass is 16.6. The van der Waals surface area contributed by atoms with Gasteiger partial charge in [0.2, 0.25) is 0 Å². The van der Waals surface area contributed by atoms with Crippen LogP contribution in [-0.2, 0) is 10.5 Å². The Labute approximate surface area is 133 Å². The van der Waals surface area contributed by atoms with Gasteiger partial charge in [0.25, 0.3) is 0 Å². The lowest BCUT2D eigenvalue weighted by atomic mass is 9.99. The van der Waals surface area contributed by atoms with Crippen LogP contribution in [0.4, 0.5) is 5.82 Å². The van der Waals surface area contributed by atoms with Crippen LogP contribution in [0.2, 0.25) is 0 Å². The molecule has 2 aromatic heterocycles. The standard InChI is InChI=1S/C15H21N5O3/c1-9(2)3-4-15(5-10(22)11(6-21)23-15)20-8-19-12-13(16)17-7-18-14(12)20/h7-8,10-11,21-22H,1,3-6H2,2H3,(H2,16,17,18)/t10-,11+,15+/m0/s1. The summed E-state index contributed by atoms with van der Waals surface area (Å²) in [5, 5.41) is 19.6. The van der Waals surface area contributed by atoms with Gasteiger partial charge in [0.05, 0.1) is 19.0 Å². The highest BCUT2D eigenvalue weighted by Gasteiger charge is 2.47. The van der Waals surface area contributed by atoms with Crippen molar-refractivity contribution in [1.29, 1.82) is 0 Å². The molecule has 4 N–H and O–H groups in total. The van der Waals surface area contributed by atoms with Crippen molar-refractivity contribution < 1.29 is 14.9 Å². The second kappa shape index (κ2) is 5.88. The van der Waals surface area contributed by atoms with Crippen LogP contribution in [0, 0.1) is 0 Å². The van der Waals surface area contributed by atoms with Crippen LogP contribution < -0.4 is 5.73 Å². The van der Waals surface area contributed by atoms with E-state index in [4.69, 9.17) is 10.5 Å². The van der Waals surface area contributed by atoms with E-state index in [1.165, 1.54) is 6.33 Å². The van der Waals surface area contributed by atoms with Crippen molar-refractivity contribution in [3.8, 4) is 0 Å². The van der Waals surface area contributed by atoms with Crippen LogP contribution in [0.1, 0.15) is 26.2 Å². The van der Waals surface area contributed by atoms with Crippen molar-refractivity contribution in [3.63, 3.8) is 0 Å². The number of fused-ring (bicyclic) bond motifs is 1. The first-order valence-electron chi connectivity index (χ1n) is 7.52. The van der Waals surface area contributed by atoms with Gasteiger partial charge < -0.3 is 20.7 Å². The summed E-state index contributed by atoms with van der Waals surface area (Å²) in [4.78, 5) is 12.5. The fourth-order valence-corrected chi connectivity index (χ4v) is 3.02. The first-order chi connectivity index (χ1) is 11.0. The molecule has 0 radical (unpaired) electrons. The zero-order valence-electron chi connectivity index (χ0n) is 13.0. The van der Waals surface area contributed by atoms with Crippen molar-refractivity contribution in [1.82, 2.24) is 19.5 Å². The number of anilines is 1. The zero-order valence-corrected chi connectivity index (χ0v) is 13.0. The molecule has 3 heterocycles. The number of nitrogen functional groups attached to an aromatic ring is 1. The molecule has 8 heteroatoms. The summed E-state index contributed by atoms with van der Waals surface area (Å²) in [6, 6.07) is 0. The summed E-state index contributed by atoms with van der Waals surface area (Å²) in [6.45, 7) is 5.61. The van der Waals surface area contributed by atoms with E-state index in [1.807, 2.05) is 6.92 Å². The molecule has 1 aliphatic heterocycles. The van der Waals surface area contributed by atoms with E-state index in [0.29, 0.717) is 36.2 Å². The number of nitrogens with zero attached hydrogens (tertiary/aromatic N) is 4. The summed E-state index contributed by atoms with van der Waals surface area (Å²) in [5.74, 6) is 0.293. The predicted octanol–water partition coefficient (Wildman–Crippen LogP) is 0.560. The lowest BCUT2D eigenvalue weighted by Gasteiger charge is -2.31. The molecule has 124 valence electrons. The van der Waals surface area contributed by atoms with Crippen LogP contribution in [0.3, 0.4) is 0 Å². The van der Waals surface area contributed by atoms with Gasteiger partial charge >= 0.3 is 0 Å². The predicted molar refractivity (Wildman–Crippen MR) is 84.3 cm³/mol. The molecule has 1 fully saturated rings. The Balaban J connectivity index is 2.07. The highest BCUT2D eigenvalue weighted by molar-refractivity contribution is 5.81. The number of aromatic nitrogens is 4. The van der Waals surface area contributed by atoms with Gasteiger partial charge in [0.1, 0.15) is 17.9 Å². The average molecular weight is 319 g/mol. The van der Waals surface area contributed by atoms with Gasteiger partial charge in [-0.05, 0) is 19.8 Å². The lowest BCUT2D eigenvalue weighted by molar-refractivity contribution is -0.119. The summed E-state index contributed by atoms with van der Waals surface area (Å²) in [7, 11) is 0. The molecule has 1 saturated heterocycles. The second-order valence-electron chi connectivity index (χ2n) is 6.06. The number of allylic oxidation sites excluding steroid dienone is 1.